The van der Waals surface area contributed by atoms with E-state index in [1.165, 1.54) is 12.8 Å². The minimum Gasteiger partial charge on any atom is -0.450 e. The Morgan fingerprint density at radius 2 is 1.84 bits per heavy atom. The number of aromatic nitrogens is 1. The van der Waals surface area contributed by atoms with Gasteiger partial charge in [0.15, 0.2) is 0 Å². The van der Waals surface area contributed by atoms with Crippen molar-refractivity contribution in [2.24, 2.45) is 0 Å². The highest BCUT2D eigenvalue weighted by Gasteiger charge is 2.25. The molecule has 138 valence electrons. The highest BCUT2D eigenvalue weighted by atomic mass is 16.6. The lowest BCUT2D eigenvalue weighted by atomic mass is 10.2. The van der Waals surface area contributed by atoms with E-state index in [0.717, 1.165) is 18.7 Å². The summed E-state index contributed by atoms with van der Waals surface area (Å²) in [6.07, 6.45) is 6.48. The van der Waals surface area contributed by atoms with Gasteiger partial charge >= 0.3 is 6.09 Å². The van der Waals surface area contributed by atoms with Gasteiger partial charge in [0.2, 0.25) is 0 Å². The summed E-state index contributed by atoms with van der Waals surface area (Å²) >= 11 is 0. The first-order chi connectivity index (χ1) is 12.2. The van der Waals surface area contributed by atoms with Gasteiger partial charge in [-0.3, -0.25) is 9.78 Å². The molecule has 1 aromatic heterocycles. The van der Waals surface area contributed by atoms with Crippen molar-refractivity contribution in [2.75, 3.05) is 44.6 Å². The fourth-order valence-electron chi connectivity index (χ4n) is 2.75. The van der Waals surface area contributed by atoms with E-state index in [9.17, 15) is 9.59 Å². The van der Waals surface area contributed by atoms with Gasteiger partial charge in [-0.2, -0.15) is 0 Å². The van der Waals surface area contributed by atoms with Crippen LogP contribution in [0.3, 0.4) is 0 Å². The lowest BCUT2D eigenvalue weighted by Crippen LogP contribution is -2.50. The number of piperazine rings is 1. The van der Waals surface area contributed by atoms with Crippen molar-refractivity contribution in [3.05, 3.63) is 24.0 Å². The van der Waals surface area contributed by atoms with E-state index in [2.05, 4.69) is 17.2 Å². The van der Waals surface area contributed by atoms with Crippen LogP contribution in [0.25, 0.3) is 0 Å². The van der Waals surface area contributed by atoms with Crippen LogP contribution in [-0.4, -0.2) is 66.1 Å². The Morgan fingerprint density at radius 3 is 2.52 bits per heavy atom. The van der Waals surface area contributed by atoms with Gasteiger partial charge in [0.1, 0.15) is 0 Å². The van der Waals surface area contributed by atoms with E-state index < -0.39 is 0 Å². The van der Waals surface area contributed by atoms with E-state index in [1.807, 2.05) is 6.07 Å². The fraction of sp³-hybridized carbons (Fsp3) is 0.611. The first-order valence-corrected chi connectivity index (χ1v) is 9.05. The number of nitrogens with zero attached hydrogens (tertiary/aromatic N) is 3. The molecule has 0 aromatic carbocycles. The summed E-state index contributed by atoms with van der Waals surface area (Å²) < 4.78 is 5.00. The van der Waals surface area contributed by atoms with Gasteiger partial charge in [-0.15, -0.1) is 0 Å². The number of ether oxygens (including phenoxy) is 1. The summed E-state index contributed by atoms with van der Waals surface area (Å²) in [5.41, 5.74) is 1.44. The van der Waals surface area contributed by atoms with Gasteiger partial charge in [-0.05, 0) is 19.4 Å². The molecule has 2 heterocycles. The molecule has 0 aliphatic carbocycles. The van der Waals surface area contributed by atoms with E-state index in [0.29, 0.717) is 38.3 Å². The molecular formula is C18H28N4O3. The monoisotopic (exact) mass is 348 g/mol. The second-order valence-corrected chi connectivity index (χ2v) is 6.07. The number of amides is 2. The Hall–Kier alpha value is -2.31. The van der Waals surface area contributed by atoms with Gasteiger partial charge in [0.25, 0.3) is 5.91 Å². The number of rotatable bonds is 7. The summed E-state index contributed by atoms with van der Waals surface area (Å²) in [5.74, 6) is -0.0479. The third kappa shape index (κ3) is 5.62. The number of unbranched alkanes of at least 4 members (excludes halogenated alkanes) is 2. The van der Waals surface area contributed by atoms with Crippen LogP contribution in [0.5, 0.6) is 0 Å². The van der Waals surface area contributed by atoms with Gasteiger partial charge in [-0.1, -0.05) is 19.8 Å². The van der Waals surface area contributed by atoms with Crippen molar-refractivity contribution in [3.8, 4) is 0 Å². The van der Waals surface area contributed by atoms with E-state index >= 15 is 0 Å². The zero-order chi connectivity index (χ0) is 18.1. The molecule has 1 saturated heterocycles. The largest absolute Gasteiger partial charge is 0.450 e. The number of pyridine rings is 1. The standard InChI is InChI=1S/C18H28N4O3/c1-3-5-6-7-20-16-12-15(13-19-14-16)17(23)21-8-10-22(11-9-21)18(24)25-4-2/h12-14,20H,3-11H2,1-2H3. The second-order valence-electron chi connectivity index (χ2n) is 6.07. The SMILES string of the molecule is CCCCCNc1cncc(C(=O)N2CCN(C(=O)OCC)CC2)c1. The Balaban J connectivity index is 1.87. The molecule has 0 unspecified atom stereocenters. The first kappa shape index (κ1) is 19.0. The van der Waals surface area contributed by atoms with E-state index in [4.69, 9.17) is 4.74 Å². The quantitative estimate of drug-likeness (QED) is 0.767. The Bertz CT molecular complexity index is 571. The number of hydrogen-bond acceptors (Lipinski definition) is 5. The Labute approximate surface area is 149 Å². The minimum atomic E-state index is -0.311. The minimum absolute atomic E-state index is 0.0479. The molecule has 0 bridgehead atoms. The molecule has 1 fully saturated rings. The normalized spacial score (nSPS) is 14.3. The van der Waals surface area contributed by atoms with Crippen molar-refractivity contribution in [2.45, 2.75) is 33.1 Å². The smallest absolute Gasteiger partial charge is 0.409 e. The lowest BCUT2D eigenvalue weighted by Gasteiger charge is -2.34. The summed E-state index contributed by atoms with van der Waals surface area (Å²) in [4.78, 5) is 31.9. The molecule has 1 aliphatic heterocycles. The molecule has 1 aliphatic rings. The van der Waals surface area contributed by atoms with Gasteiger partial charge in [0.05, 0.1) is 17.9 Å². The summed E-state index contributed by atoms with van der Waals surface area (Å²) in [6.45, 7) is 7.20. The maximum absolute atomic E-state index is 12.7. The topological polar surface area (TPSA) is 74.8 Å². The van der Waals surface area contributed by atoms with E-state index in [-0.39, 0.29) is 12.0 Å². The number of nitrogens with one attached hydrogen (secondary N) is 1. The molecule has 0 saturated carbocycles. The van der Waals surface area contributed by atoms with Gasteiger partial charge < -0.3 is 19.9 Å². The predicted molar refractivity (Wildman–Crippen MR) is 96.8 cm³/mol. The first-order valence-electron chi connectivity index (χ1n) is 9.05. The second kappa shape index (κ2) is 9.86. The molecule has 0 atom stereocenters. The van der Waals surface area contributed by atoms with Crippen LogP contribution >= 0.6 is 0 Å². The number of hydrogen-bond donors (Lipinski definition) is 1. The van der Waals surface area contributed by atoms with Crippen LogP contribution in [0.15, 0.2) is 18.5 Å². The molecule has 7 nitrogen and oxygen atoms in total. The van der Waals surface area contributed by atoms with Crippen LogP contribution in [0.4, 0.5) is 10.5 Å². The van der Waals surface area contributed by atoms with Gasteiger partial charge in [-0.25, -0.2) is 4.79 Å². The van der Waals surface area contributed by atoms with Crippen molar-refractivity contribution in [1.82, 2.24) is 14.8 Å². The zero-order valence-electron chi connectivity index (χ0n) is 15.2. The summed E-state index contributed by atoms with van der Waals surface area (Å²) in [7, 11) is 0. The molecule has 2 amide bonds. The third-order valence-corrected chi connectivity index (χ3v) is 4.19. The third-order valence-electron chi connectivity index (χ3n) is 4.19. The average Bonchev–Trinajstić information content (AvgIpc) is 2.65. The maximum atomic E-state index is 12.7. The average molecular weight is 348 g/mol. The predicted octanol–water partition coefficient (Wildman–Crippen LogP) is 2.60. The van der Waals surface area contributed by atoms with Crippen molar-refractivity contribution < 1.29 is 14.3 Å². The highest BCUT2D eigenvalue weighted by molar-refractivity contribution is 5.94. The maximum Gasteiger partial charge on any atom is 0.409 e. The molecule has 2 rings (SSSR count). The van der Waals surface area contributed by atoms with Crippen molar-refractivity contribution in [1.29, 1.82) is 0 Å². The molecule has 25 heavy (non-hydrogen) atoms. The van der Waals surface area contributed by atoms with Crippen LogP contribution in [-0.2, 0) is 4.74 Å². The molecule has 7 heteroatoms. The molecular weight excluding hydrogens is 320 g/mol. The number of carbonyl (C=O) groups excluding carboxylic acids is 2. The molecule has 1 N–H and O–H groups in total. The van der Waals surface area contributed by atoms with Crippen molar-refractivity contribution in [3.63, 3.8) is 0 Å². The van der Waals surface area contributed by atoms with Crippen LogP contribution in [0.1, 0.15) is 43.5 Å². The molecule has 0 radical (unpaired) electrons. The Kier molecular flexibility index (Phi) is 7.50. The fourth-order valence-corrected chi connectivity index (χ4v) is 2.75. The summed E-state index contributed by atoms with van der Waals surface area (Å²) in [5, 5.41) is 3.31. The van der Waals surface area contributed by atoms with Crippen LogP contribution in [0, 0.1) is 0 Å². The molecule has 1 aromatic rings. The van der Waals surface area contributed by atoms with Crippen LogP contribution in [0.2, 0.25) is 0 Å². The van der Waals surface area contributed by atoms with E-state index in [1.54, 1.807) is 29.1 Å². The number of anilines is 1. The van der Waals surface area contributed by atoms with Gasteiger partial charge in [0, 0.05) is 45.1 Å². The molecule has 0 spiro atoms. The van der Waals surface area contributed by atoms with Crippen LogP contribution < -0.4 is 5.32 Å². The highest BCUT2D eigenvalue weighted by Crippen LogP contribution is 2.13. The van der Waals surface area contributed by atoms with Crippen molar-refractivity contribution >= 4 is 17.7 Å². The summed E-state index contributed by atoms with van der Waals surface area (Å²) in [6, 6.07) is 1.85. The Morgan fingerprint density at radius 1 is 1.12 bits per heavy atom. The zero-order valence-corrected chi connectivity index (χ0v) is 15.2. The number of carbonyl (C=O) groups is 2. The lowest BCUT2D eigenvalue weighted by molar-refractivity contribution is 0.0570.